The minimum Gasteiger partial charge on any atom is -0.494 e. The zero-order valence-corrected chi connectivity index (χ0v) is 15.0. The van der Waals surface area contributed by atoms with E-state index in [-0.39, 0.29) is 17.6 Å². The molecule has 4 N–H and O–H groups in total. The molecule has 1 fully saturated rings. The van der Waals surface area contributed by atoms with Crippen LogP contribution in [0.1, 0.15) is 19.8 Å². The van der Waals surface area contributed by atoms with Crippen molar-refractivity contribution in [1.82, 2.24) is 19.9 Å². The molecule has 0 unspecified atom stereocenters. The van der Waals surface area contributed by atoms with Gasteiger partial charge in [0.05, 0.1) is 7.11 Å². The third-order valence-electron chi connectivity index (χ3n) is 4.46. The fourth-order valence-electron chi connectivity index (χ4n) is 3.15. The number of anilines is 4. The Bertz CT molecular complexity index is 758. The summed E-state index contributed by atoms with van der Waals surface area (Å²) in [5.41, 5.74) is 6.27. The van der Waals surface area contributed by atoms with Gasteiger partial charge in [-0.15, -0.1) is 0 Å². The fourth-order valence-corrected chi connectivity index (χ4v) is 3.15. The van der Waals surface area contributed by atoms with Crippen LogP contribution in [0.25, 0.3) is 0 Å². The van der Waals surface area contributed by atoms with Gasteiger partial charge in [-0.05, 0) is 38.1 Å². The molecule has 1 aliphatic rings. The first-order valence-electron chi connectivity index (χ1n) is 8.69. The van der Waals surface area contributed by atoms with Crippen LogP contribution in [-0.2, 0) is 0 Å². The normalized spacial score (nSPS) is 17.3. The summed E-state index contributed by atoms with van der Waals surface area (Å²) < 4.78 is 18.7. The minimum atomic E-state index is -0.473. The lowest BCUT2D eigenvalue weighted by atomic mass is 10.2. The third kappa shape index (κ3) is 4.29. The molecule has 2 aromatic rings. The molecule has 1 aromatic carbocycles. The monoisotopic (exact) mass is 361 g/mol. The van der Waals surface area contributed by atoms with Crippen molar-refractivity contribution in [2.45, 2.75) is 25.8 Å². The van der Waals surface area contributed by atoms with Gasteiger partial charge in [-0.2, -0.15) is 15.0 Å². The lowest BCUT2D eigenvalue weighted by molar-refractivity contribution is 0.277. The summed E-state index contributed by atoms with van der Waals surface area (Å²) in [5.74, 6) is 0.446. The van der Waals surface area contributed by atoms with E-state index in [9.17, 15) is 4.39 Å². The molecule has 3 rings (SSSR count). The van der Waals surface area contributed by atoms with Gasteiger partial charge in [0.1, 0.15) is 0 Å². The molecule has 0 spiro atoms. The molecule has 0 saturated carbocycles. The Morgan fingerprint density at radius 2 is 2.12 bits per heavy atom. The molecule has 0 bridgehead atoms. The number of nitrogens with one attached hydrogen (secondary N) is 2. The Morgan fingerprint density at radius 1 is 1.31 bits per heavy atom. The second-order valence-corrected chi connectivity index (χ2v) is 6.12. The highest BCUT2D eigenvalue weighted by Crippen LogP contribution is 2.23. The summed E-state index contributed by atoms with van der Waals surface area (Å²) in [4.78, 5) is 14.9. The first-order chi connectivity index (χ1) is 12.6. The molecule has 0 aliphatic carbocycles. The van der Waals surface area contributed by atoms with Crippen molar-refractivity contribution in [3.8, 4) is 5.75 Å². The smallest absolute Gasteiger partial charge is 0.233 e. The highest BCUT2D eigenvalue weighted by Gasteiger charge is 2.22. The first kappa shape index (κ1) is 18.1. The van der Waals surface area contributed by atoms with Crippen LogP contribution in [0.15, 0.2) is 18.2 Å². The maximum atomic E-state index is 13.8. The number of ether oxygens (including phenoxy) is 1. The van der Waals surface area contributed by atoms with Gasteiger partial charge in [0, 0.05) is 24.3 Å². The number of hydrogen-bond acceptors (Lipinski definition) is 8. The summed E-state index contributed by atoms with van der Waals surface area (Å²) in [6.07, 6.45) is 2.35. The van der Waals surface area contributed by atoms with Crippen LogP contribution < -0.4 is 21.1 Å². The molecule has 0 radical (unpaired) electrons. The molecule has 26 heavy (non-hydrogen) atoms. The Labute approximate surface area is 152 Å². The van der Waals surface area contributed by atoms with Crippen LogP contribution in [0, 0.1) is 5.82 Å². The van der Waals surface area contributed by atoms with Gasteiger partial charge >= 0.3 is 0 Å². The molecule has 1 atom stereocenters. The van der Waals surface area contributed by atoms with Gasteiger partial charge in [0.2, 0.25) is 17.8 Å². The molecular weight excluding hydrogens is 337 g/mol. The number of nitrogens with two attached hydrogens (primary N) is 1. The highest BCUT2D eigenvalue weighted by atomic mass is 19.1. The zero-order chi connectivity index (χ0) is 18.5. The van der Waals surface area contributed by atoms with Crippen LogP contribution in [-0.4, -0.2) is 52.6 Å². The number of likely N-dealkylation sites (N-methyl/N-ethyl adjacent to an activating group) is 1. The number of nitrogens with zero attached hydrogens (tertiary/aromatic N) is 4. The van der Waals surface area contributed by atoms with Gasteiger partial charge in [-0.3, -0.25) is 4.90 Å². The lowest BCUT2D eigenvalue weighted by Crippen LogP contribution is -2.35. The fraction of sp³-hybridized carbons (Fsp3) is 0.471. The topological polar surface area (TPSA) is 101 Å². The van der Waals surface area contributed by atoms with Crippen molar-refractivity contribution >= 4 is 23.5 Å². The number of benzene rings is 1. The Morgan fingerprint density at radius 3 is 2.85 bits per heavy atom. The van der Waals surface area contributed by atoms with E-state index >= 15 is 0 Å². The predicted octanol–water partition coefficient (Wildman–Crippen LogP) is 2.24. The van der Waals surface area contributed by atoms with Crippen molar-refractivity contribution in [2.24, 2.45) is 0 Å². The standard InChI is InChI=1S/C17H24FN7O/c1-3-25-8-4-5-12(25)10-20-16-22-15(19)23-17(24-16)21-11-6-7-14(26-2)13(18)9-11/h6-7,9,12H,3-5,8,10H2,1-2H3,(H4,19,20,21,22,23,24)/t12-/m0/s1. The molecule has 1 aliphatic heterocycles. The van der Waals surface area contributed by atoms with E-state index in [1.807, 2.05) is 0 Å². The average molecular weight is 361 g/mol. The van der Waals surface area contributed by atoms with Crippen LogP contribution in [0.5, 0.6) is 5.75 Å². The predicted molar refractivity (Wildman–Crippen MR) is 99.2 cm³/mol. The van der Waals surface area contributed by atoms with Crippen molar-refractivity contribution in [1.29, 1.82) is 0 Å². The van der Waals surface area contributed by atoms with Gasteiger partial charge in [-0.1, -0.05) is 6.92 Å². The number of halogens is 1. The van der Waals surface area contributed by atoms with E-state index in [0.29, 0.717) is 17.7 Å². The number of hydrogen-bond donors (Lipinski definition) is 3. The van der Waals surface area contributed by atoms with Gasteiger partial charge in [0.15, 0.2) is 11.6 Å². The van der Waals surface area contributed by atoms with Crippen molar-refractivity contribution < 1.29 is 9.13 Å². The molecule has 1 aromatic heterocycles. The van der Waals surface area contributed by atoms with E-state index in [0.717, 1.165) is 26.1 Å². The second kappa shape index (κ2) is 8.13. The Hall–Kier alpha value is -2.68. The summed E-state index contributed by atoms with van der Waals surface area (Å²) in [5, 5.41) is 6.17. The molecule has 1 saturated heterocycles. The van der Waals surface area contributed by atoms with Gasteiger partial charge in [-0.25, -0.2) is 4.39 Å². The van der Waals surface area contributed by atoms with Gasteiger partial charge in [0.25, 0.3) is 0 Å². The number of likely N-dealkylation sites (tertiary alicyclic amines) is 1. The molecule has 0 amide bonds. The summed E-state index contributed by atoms with van der Waals surface area (Å²) in [6.45, 7) is 5.06. The summed E-state index contributed by atoms with van der Waals surface area (Å²) >= 11 is 0. The van der Waals surface area contributed by atoms with E-state index in [2.05, 4.69) is 37.4 Å². The number of methoxy groups -OCH3 is 1. The van der Waals surface area contributed by atoms with E-state index < -0.39 is 5.82 Å². The Balaban J connectivity index is 1.68. The van der Waals surface area contributed by atoms with Crippen LogP contribution >= 0.6 is 0 Å². The Kier molecular flexibility index (Phi) is 5.67. The van der Waals surface area contributed by atoms with Gasteiger partial charge < -0.3 is 21.1 Å². The third-order valence-corrected chi connectivity index (χ3v) is 4.46. The van der Waals surface area contributed by atoms with E-state index in [4.69, 9.17) is 10.5 Å². The highest BCUT2D eigenvalue weighted by molar-refractivity contribution is 5.56. The van der Waals surface area contributed by atoms with Crippen LogP contribution in [0.4, 0.5) is 27.9 Å². The molecule has 2 heterocycles. The van der Waals surface area contributed by atoms with Crippen LogP contribution in [0.3, 0.4) is 0 Å². The molecule has 140 valence electrons. The first-order valence-corrected chi connectivity index (χ1v) is 8.69. The van der Waals surface area contributed by atoms with Crippen LogP contribution in [0.2, 0.25) is 0 Å². The molecule has 9 heteroatoms. The summed E-state index contributed by atoms with van der Waals surface area (Å²) in [7, 11) is 1.42. The quantitative estimate of drug-likeness (QED) is 0.690. The van der Waals surface area contributed by atoms with Crippen molar-refractivity contribution in [3.05, 3.63) is 24.0 Å². The molecule has 8 nitrogen and oxygen atoms in total. The summed E-state index contributed by atoms with van der Waals surface area (Å²) in [6, 6.07) is 4.97. The lowest BCUT2D eigenvalue weighted by Gasteiger charge is -2.22. The number of aromatic nitrogens is 3. The molecular formula is C17H24FN7O. The largest absolute Gasteiger partial charge is 0.494 e. The average Bonchev–Trinajstić information content (AvgIpc) is 3.07. The maximum Gasteiger partial charge on any atom is 0.233 e. The zero-order valence-electron chi connectivity index (χ0n) is 15.0. The van der Waals surface area contributed by atoms with E-state index in [1.54, 1.807) is 6.07 Å². The minimum absolute atomic E-state index is 0.0951. The number of rotatable bonds is 7. The maximum absolute atomic E-state index is 13.8. The SMILES string of the molecule is CCN1CCC[C@H]1CNc1nc(N)nc(Nc2ccc(OC)c(F)c2)n1. The van der Waals surface area contributed by atoms with E-state index in [1.165, 1.54) is 25.7 Å². The van der Waals surface area contributed by atoms with Crippen molar-refractivity contribution in [2.75, 3.05) is 43.1 Å². The second-order valence-electron chi connectivity index (χ2n) is 6.12. The van der Waals surface area contributed by atoms with Crippen molar-refractivity contribution in [3.63, 3.8) is 0 Å². The number of nitrogen functional groups attached to an aromatic ring is 1.